The fraction of sp³-hybridized carbons (Fsp3) is 0.115. The van der Waals surface area contributed by atoms with Gasteiger partial charge >= 0.3 is 5.69 Å². The van der Waals surface area contributed by atoms with Crippen LogP contribution >= 0.6 is 11.6 Å². The first-order valence-corrected chi connectivity index (χ1v) is 10.9. The highest BCUT2D eigenvalue weighted by atomic mass is 35.5. The van der Waals surface area contributed by atoms with Crippen molar-refractivity contribution >= 4 is 17.4 Å². The van der Waals surface area contributed by atoms with E-state index in [1.54, 1.807) is 36.4 Å². The normalized spacial score (nSPS) is 11.9. The molecule has 1 aromatic heterocycles. The molecule has 0 atom stereocenters. The fourth-order valence-electron chi connectivity index (χ4n) is 3.75. The molecule has 178 valence electrons. The average Bonchev–Trinajstić information content (AvgIpc) is 2.87. The lowest BCUT2D eigenvalue weighted by Crippen LogP contribution is -2.35. The lowest BCUT2D eigenvalue weighted by atomic mass is 9.85. The summed E-state index contributed by atoms with van der Waals surface area (Å²) in [6.07, 6.45) is 2.42. The quantitative estimate of drug-likeness (QED) is 0.229. The molecule has 0 aliphatic heterocycles. The Balaban J connectivity index is 1.85. The van der Waals surface area contributed by atoms with Crippen molar-refractivity contribution in [3.63, 3.8) is 0 Å². The lowest BCUT2D eigenvalue weighted by Gasteiger charge is -2.31. The van der Waals surface area contributed by atoms with Gasteiger partial charge in [-0.05, 0) is 6.07 Å². The molecular weight excluding hydrogens is 472 g/mol. The predicted molar refractivity (Wildman–Crippen MR) is 128 cm³/mol. The number of rotatable bonds is 7. The Morgan fingerprint density at radius 3 is 1.94 bits per heavy atom. The van der Waals surface area contributed by atoms with E-state index >= 15 is 0 Å². The molecule has 0 fully saturated rings. The van der Waals surface area contributed by atoms with Crippen LogP contribution in [-0.4, -0.2) is 35.8 Å². The molecule has 0 aliphatic rings. The van der Waals surface area contributed by atoms with Crippen LogP contribution in [0.4, 0.5) is 0 Å². The number of carbonyl (C=O) groups is 1. The smallest absolute Gasteiger partial charge is 0.348 e. The molecule has 0 bridgehead atoms. The van der Waals surface area contributed by atoms with E-state index in [1.165, 1.54) is 42.6 Å². The summed E-state index contributed by atoms with van der Waals surface area (Å²) in [6, 6.07) is 19.3. The zero-order valence-electron chi connectivity index (χ0n) is 18.2. The molecular formula is C26H21ClN2O6. The second kappa shape index (κ2) is 9.53. The molecule has 0 saturated heterocycles. The summed E-state index contributed by atoms with van der Waals surface area (Å²) in [4.78, 5) is 28.6. The Bertz CT molecular complexity index is 1420. The minimum absolute atomic E-state index is 0.00268. The molecule has 3 aromatic carbocycles. The van der Waals surface area contributed by atoms with Gasteiger partial charge in [-0.3, -0.25) is 9.36 Å². The molecule has 0 unspecified atom stereocenters. The van der Waals surface area contributed by atoms with Crippen LogP contribution in [0.1, 0.15) is 32.6 Å². The highest BCUT2D eigenvalue weighted by molar-refractivity contribution is 6.30. The molecule has 0 spiro atoms. The first kappa shape index (κ1) is 24.5. The van der Waals surface area contributed by atoms with Crippen LogP contribution in [0.5, 0.6) is 0 Å². The molecule has 1 heterocycles. The molecule has 0 aliphatic carbocycles. The topological polar surface area (TPSA) is 133 Å². The molecule has 4 rings (SSSR count). The van der Waals surface area contributed by atoms with Crippen molar-refractivity contribution in [1.82, 2.24) is 9.55 Å². The van der Waals surface area contributed by atoms with Gasteiger partial charge in [0.2, 0.25) is 11.6 Å². The number of benzene rings is 3. The number of aromatic nitrogens is 2. The monoisotopic (exact) mass is 492 g/mol. The van der Waals surface area contributed by atoms with Crippen molar-refractivity contribution in [2.75, 3.05) is 0 Å². The number of halogens is 1. The van der Waals surface area contributed by atoms with Crippen LogP contribution in [0.3, 0.4) is 0 Å². The number of ketones is 1. The van der Waals surface area contributed by atoms with Gasteiger partial charge in [0.1, 0.15) is 0 Å². The van der Waals surface area contributed by atoms with Crippen molar-refractivity contribution in [3.8, 4) is 0 Å². The fourth-order valence-corrected chi connectivity index (χ4v) is 3.92. The van der Waals surface area contributed by atoms with Crippen LogP contribution in [0.15, 0.2) is 96.1 Å². The van der Waals surface area contributed by atoms with Gasteiger partial charge in [0.15, 0.2) is 5.78 Å². The number of hydrogen-bond acceptors (Lipinski definition) is 7. The summed E-state index contributed by atoms with van der Waals surface area (Å²) in [5, 5.41) is 44.6. The summed E-state index contributed by atoms with van der Waals surface area (Å²) in [7, 11) is 0. The van der Waals surface area contributed by atoms with E-state index < -0.39 is 29.6 Å². The number of nitrogens with zero attached hydrogens (tertiary/aromatic N) is 2. The number of aliphatic hydroxyl groups is 4. The van der Waals surface area contributed by atoms with Crippen LogP contribution in [0.25, 0.3) is 0 Å². The van der Waals surface area contributed by atoms with Gasteiger partial charge in [0, 0.05) is 34.0 Å². The zero-order valence-corrected chi connectivity index (χ0v) is 19.0. The summed E-state index contributed by atoms with van der Waals surface area (Å²) in [6.45, 7) is -0.414. The van der Waals surface area contributed by atoms with E-state index in [0.717, 1.165) is 16.8 Å². The Hall–Kier alpha value is -3.66. The molecule has 0 saturated carbocycles. The first-order chi connectivity index (χ1) is 16.6. The van der Waals surface area contributed by atoms with E-state index in [9.17, 15) is 30.0 Å². The van der Waals surface area contributed by atoms with Crippen LogP contribution in [0, 0.1) is 0 Å². The predicted octanol–water partition coefficient (Wildman–Crippen LogP) is 2.15. The second-order valence-corrected chi connectivity index (χ2v) is 8.38. The van der Waals surface area contributed by atoms with E-state index in [2.05, 4.69) is 4.98 Å². The SMILES string of the molecule is O=C(Cn1cc(Cl)cnc1=O)c1ccc(C(O)(O)c2ccccc2)c(C(O)(O)c2ccccc2)c1. The molecule has 0 amide bonds. The van der Waals surface area contributed by atoms with Crippen LogP contribution in [-0.2, 0) is 18.1 Å². The molecule has 8 nitrogen and oxygen atoms in total. The maximum absolute atomic E-state index is 13.0. The third-order valence-corrected chi connectivity index (χ3v) is 5.78. The van der Waals surface area contributed by atoms with Gasteiger partial charge in [0.25, 0.3) is 0 Å². The number of hydrogen-bond donors (Lipinski definition) is 4. The van der Waals surface area contributed by atoms with Crippen LogP contribution < -0.4 is 5.69 Å². The standard InChI is InChI=1S/C26H21ClN2O6/c27-20-14-28-24(31)29(15-20)16-23(30)17-11-12-21(25(32,33)18-7-3-1-4-8-18)22(13-17)26(34,35)19-9-5-2-6-10-19/h1-15,32-35H,16H2. The van der Waals surface area contributed by atoms with E-state index in [1.807, 2.05) is 0 Å². The Labute approximate surface area is 205 Å². The first-order valence-electron chi connectivity index (χ1n) is 10.5. The summed E-state index contributed by atoms with van der Waals surface area (Å²) in [5.41, 5.74) is -1.11. The minimum atomic E-state index is -2.69. The van der Waals surface area contributed by atoms with Crippen molar-refractivity contribution < 1.29 is 25.2 Å². The summed E-state index contributed by atoms with van der Waals surface area (Å²) in [5.74, 6) is -5.86. The van der Waals surface area contributed by atoms with Gasteiger partial charge in [-0.15, -0.1) is 0 Å². The average molecular weight is 493 g/mol. The summed E-state index contributed by atoms with van der Waals surface area (Å²) < 4.78 is 1.02. The highest BCUT2D eigenvalue weighted by Gasteiger charge is 2.39. The number of Topliss-reactive ketones (excluding diaryl/α,β-unsaturated/α-hetero) is 1. The maximum Gasteiger partial charge on any atom is 0.348 e. The van der Waals surface area contributed by atoms with Crippen molar-refractivity contribution in [3.05, 3.63) is 135 Å². The molecule has 4 aromatic rings. The van der Waals surface area contributed by atoms with Gasteiger partial charge in [-0.25, -0.2) is 9.78 Å². The summed E-state index contributed by atoms with van der Waals surface area (Å²) >= 11 is 5.87. The van der Waals surface area contributed by atoms with E-state index in [-0.39, 0.29) is 32.8 Å². The minimum Gasteiger partial charge on any atom is -0.358 e. The lowest BCUT2D eigenvalue weighted by molar-refractivity contribution is -0.154. The molecule has 0 radical (unpaired) electrons. The molecule has 4 N–H and O–H groups in total. The van der Waals surface area contributed by atoms with Crippen molar-refractivity contribution in [1.29, 1.82) is 0 Å². The van der Waals surface area contributed by atoms with Crippen molar-refractivity contribution in [2.45, 2.75) is 18.1 Å². The van der Waals surface area contributed by atoms with Gasteiger partial charge in [0.05, 0.1) is 17.8 Å². The molecule has 9 heteroatoms. The Kier molecular flexibility index (Phi) is 6.66. The van der Waals surface area contributed by atoms with Gasteiger partial charge in [-0.2, -0.15) is 0 Å². The van der Waals surface area contributed by atoms with Crippen molar-refractivity contribution in [2.24, 2.45) is 0 Å². The number of carbonyl (C=O) groups excluding carboxylic acids is 1. The largest absolute Gasteiger partial charge is 0.358 e. The van der Waals surface area contributed by atoms with E-state index in [4.69, 9.17) is 11.6 Å². The third kappa shape index (κ3) is 4.93. The van der Waals surface area contributed by atoms with Crippen LogP contribution in [0.2, 0.25) is 5.02 Å². The Morgan fingerprint density at radius 1 is 0.829 bits per heavy atom. The third-order valence-electron chi connectivity index (χ3n) is 5.58. The highest BCUT2D eigenvalue weighted by Crippen LogP contribution is 2.37. The van der Waals surface area contributed by atoms with Gasteiger partial charge < -0.3 is 20.4 Å². The molecule has 35 heavy (non-hydrogen) atoms. The van der Waals surface area contributed by atoms with E-state index in [0.29, 0.717) is 0 Å². The van der Waals surface area contributed by atoms with Gasteiger partial charge in [-0.1, -0.05) is 84.4 Å². The second-order valence-electron chi connectivity index (χ2n) is 7.94. The Morgan fingerprint density at radius 2 is 1.37 bits per heavy atom. The zero-order chi connectivity index (χ0) is 25.2. The maximum atomic E-state index is 13.0.